The highest BCUT2D eigenvalue weighted by Gasteiger charge is 2.64. The molecule has 11 nitrogen and oxygen atoms in total. The molecule has 1 spiro atoms. The Morgan fingerprint density at radius 3 is 2.08 bits per heavy atom. The number of rotatable bonds is 3. The molecule has 3 amide bonds. The van der Waals surface area contributed by atoms with Gasteiger partial charge in [-0.3, -0.25) is 29.8 Å². The van der Waals surface area contributed by atoms with Crippen molar-refractivity contribution in [3.05, 3.63) is 0 Å². The lowest BCUT2D eigenvalue weighted by molar-refractivity contribution is -0.252. The summed E-state index contributed by atoms with van der Waals surface area (Å²) in [4.78, 5) is 57.7. The number of ether oxygens (including phenoxy) is 4. The van der Waals surface area contributed by atoms with Crippen molar-refractivity contribution in [1.82, 2.24) is 10.6 Å². The van der Waals surface area contributed by atoms with E-state index in [4.69, 9.17) is 18.9 Å². The predicted molar refractivity (Wildman–Crippen MR) is 72.0 cm³/mol. The van der Waals surface area contributed by atoms with Gasteiger partial charge in [0.05, 0.1) is 6.61 Å². The van der Waals surface area contributed by atoms with Gasteiger partial charge in [0.2, 0.25) is 0 Å². The number of nitrogens with one attached hydrogen (secondary N) is 2. The van der Waals surface area contributed by atoms with Crippen LogP contribution in [-0.2, 0) is 38.1 Å². The van der Waals surface area contributed by atoms with Gasteiger partial charge in [-0.25, -0.2) is 4.79 Å². The van der Waals surface area contributed by atoms with Crippen LogP contribution in [0, 0.1) is 0 Å². The summed E-state index contributed by atoms with van der Waals surface area (Å²) in [6.07, 6.45) is -4.04. The van der Waals surface area contributed by atoms with Gasteiger partial charge in [0.15, 0.2) is 18.3 Å². The largest absolute Gasteiger partial charge is 0.456 e. The van der Waals surface area contributed by atoms with E-state index in [1.807, 2.05) is 5.32 Å². The Balaban J connectivity index is 2.42. The van der Waals surface area contributed by atoms with Crippen molar-refractivity contribution in [2.45, 2.75) is 44.8 Å². The van der Waals surface area contributed by atoms with E-state index in [0.717, 1.165) is 20.8 Å². The molecule has 2 fully saturated rings. The van der Waals surface area contributed by atoms with Gasteiger partial charge >= 0.3 is 23.9 Å². The summed E-state index contributed by atoms with van der Waals surface area (Å²) in [7, 11) is 0. The van der Waals surface area contributed by atoms with Crippen LogP contribution < -0.4 is 10.6 Å². The van der Waals surface area contributed by atoms with Crippen LogP contribution in [0.4, 0.5) is 4.79 Å². The number of hydrogen-bond acceptors (Lipinski definition) is 9. The monoisotopic (exact) mass is 344 g/mol. The predicted octanol–water partition coefficient (Wildman–Crippen LogP) is -1.65. The molecule has 2 aliphatic heterocycles. The minimum atomic E-state index is -2.08. The Labute approximate surface area is 135 Å². The molecule has 0 radical (unpaired) electrons. The molecular formula is C13H16N2O9. The Bertz CT molecular complexity index is 604. The number of esters is 3. The zero-order chi connectivity index (χ0) is 18.1. The summed E-state index contributed by atoms with van der Waals surface area (Å²) >= 11 is 0. The molecule has 0 aromatic rings. The molecule has 0 bridgehead atoms. The fourth-order valence-corrected chi connectivity index (χ4v) is 2.54. The normalized spacial score (nSPS) is 31.9. The second kappa shape index (κ2) is 6.43. The zero-order valence-corrected chi connectivity index (χ0v) is 13.1. The number of hydrogen-bond donors (Lipinski definition) is 2. The lowest BCUT2D eigenvalue weighted by Crippen LogP contribution is -2.70. The fraction of sp³-hybridized carbons (Fsp3) is 0.615. The fourth-order valence-electron chi connectivity index (χ4n) is 2.54. The Hall–Kier alpha value is -2.69. The first-order chi connectivity index (χ1) is 11.2. The Morgan fingerprint density at radius 2 is 1.62 bits per heavy atom. The average molecular weight is 344 g/mol. The molecule has 4 atom stereocenters. The molecule has 132 valence electrons. The van der Waals surface area contributed by atoms with Gasteiger partial charge in [0, 0.05) is 20.8 Å². The first-order valence-electron chi connectivity index (χ1n) is 6.95. The van der Waals surface area contributed by atoms with Crippen LogP contribution in [0.25, 0.3) is 0 Å². The molecule has 11 heteroatoms. The van der Waals surface area contributed by atoms with E-state index >= 15 is 0 Å². The maximum absolute atomic E-state index is 12.2. The minimum Gasteiger partial charge on any atom is -0.456 e. The van der Waals surface area contributed by atoms with Gasteiger partial charge in [0.1, 0.15) is 0 Å². The summed E-state index contributed by atoms with van der Waals surface area (Å²) < 4.78 is 20.5. The molecule has 2 heterocycles. The van der Waals surface area contributed by atoms with E-state index < -0.39 is 53.9 Å². The summed E-state index contributed by atoms with van der Waals surface area (Å²) in [5, 5.41) is 4.18. The first kappa shape index (κ1) is 17.7. The minimum absolute atomic E-state index is 0.372. The van der Waals surface area contributed by atoms with Gasteiger partial charge in [0.25, 0.3) is 11.6 Å². The Kier molecular flexibility index (Phi) is 4.73. The van der Waals surface area contributed by atoms with Crippen molar-refractivity contribution in [3.63, 3.8) is 0 Å². The van der Waals surface area contributed by atoms with Crippen LogP contribution >= 0.6 is 0 Å². The summed E-state index contributed by atoms with van der Waals surface area (Å²) in [5.41, 5.74) is -2.08. The summed E-state index contributed by atoms with van der Waals surface area (Å²) in [5.74, 6) is -3.20. The molecule has 2 N–H and O–H groups in total. The van der Waals surface area contributed by atoms with Crippen molar-refractivity contribution in [3.8, 4) is 0 Å². The molecule has 2 rings (SSSR count). The van der Waals surface area contributed by atoms with Crippen LogP contribution in [0.3, 0.4) is 0 Å². The van der Waals surface area contributed by atoms with E-state index in [2.05, 4.69) is 5.32 Å². The van der Waals surface area contributed by atoms with Crippen molar-refractivity contribution in [2.24, 2.45) is 0 Å². The second-order valence-corrected chi connectivity index (χ2v) is 5.21. The third kappa shape index (κ3) is 3.30. The van der Waals surface area contributed by atoms with E-state index in [1.54, 1.807) is 0 Å². The van der Waals surface area contributed by atoms with Gasteiger partial charge in [-0.05, 0) is 0 Å². The van der Waals surface area contributed by atoms with Gasteiger partial charge < -0.3 is 18.9 Å². The van der Waals surface area contributed by atoms with E-state index in [1.165, 1.54) is 0 Å². The van der Waals surface area contributed by atoms with E-state index in [9.17, 15) is 24.0 Å². The van der Waals surface area contributed by atoms with Crippen molar-refractivity contribution in [1.29, 1.82) is 0 Å². The standard InChI is InChI=1S/C13H16N2O9/c1-5(16)22-8-4-21-13(11(19)14-12(20)15-13)10(24-7(3)18)9(8)23-6(2)17/h8-10H,4H2,1-3H3,(H2,14,15,19,20)/t8-,9+,10-,13+/m1/s1. The number of urea groups is 1. The second-order valence-electron chi connectivity index (χ2n) is 5.21. The van der Waals surface area contributed by atoms with Crippen LogP contribution in [-0.4, -0.2) is 60.5 Å². The van der Waals surface area contributed by atoms with Crippen molar-refractivity contribution >= 4 is 29.8 Å². The number of carbonyl (C=O) groups excluding carboxylic acids is 5. The SMILES string of the molecule is CC(=O)O[C@@H]1[C@@H](OC(C)=O)[C@]2(NC(=O)NC2=O)OC[C@H]1OC(C)=O. The molecule has 0 saturated carbocycles. The van der Waals surface area contributed by atoms with Crippen molar-refractivity contribution in [2.75, 3.05) is 6.61 Å². The maximum atomic E-state index is 12.2. The molecule has 0 aromatic carbocycles. The van der Waals surface area contributed by atoms with Crippen LogP contribution in [0.15, 0.2) is 0 Å². The van der Waals surface area contributed by atoms with Crippen LogP contribution in [0.2, 0.25) is 0 Å². The third-order valence-electron chi connectivity index (χ3n) is 3.32. The molecule has 2 saturated heterocycles. The molecule has 0 aliphatic carbocycles. The Morgan fingerprint density at radius 1 is 1.04 bits per heavy atom. The topological polar surface area (TPSA) is 146 Å². The summed E-state index contributed by atoms with van der Waals surface area (Å²) in [6.45, 7) is 2.90. The highest BCUT2D eigenvalue weighted by Crippen LogP contribution is 2.32. The highest BCUT2D eigenvalue weighted by molar-refractivity contribution is 6.06. The molecule has 0 unspecified atom stereocenters. The van der Waals surface area contributed by atoms with Gasteiger partial charge in [-0.2, -0.15) is 0 Å². The third-order valence-corrected chi connectivity index (χ3v) is 3.32. The maximum Gasteiger partial charge on any atom is 0.324 e. The van der Waals surface area contributed by atoms with E-state index in [-0.39, 0.29) is 6.61 Å². The van der Waals surface area contributed by atoms with Gasteiger partial charge in [-0.1, -0.05) is 0 Å². The molecule has 2 aliphatic rings. The average Bonchev–Trinajstić information content (AvgIpc) is 2.71. The summed E-state index contributed by atoms with van der Waals surface area (Å²) in [6, 6.07) is -0.871. The van der Waals surface area contributed by atoms with E-state index in [0.29, 0.717) is 0 Å². The van der Waals surface area contributed by atoms with Gasteiger partial charge in [-0.15, -0.1) is 0 Å². The highest BCUT2D eigenvalue weighted by atomic mass is 16.7. The van der Waals surface area contributed by atoms with Crippen LogP contribution in [0.5, 0.6) is 0 Å². The lowest BCUT2D eigenvalue weighted by atomic mass is 9.93. The number of imide groups is 1. The zero-order valence-electron chi connectivity index (χ0n) is 13.1. The smallest absolute Gasteiger partial charge is 0.324 e. The van der Waals surface area contributed by atoms with Crippen LogP contribution in [0.1, 0.15) is 20.8 Å². The lowest BCUT2D eigenvalue weighted by Gasteiger charge is -2.44. The quantitative estimate of drug-likeness (QED) is 0.349. The molecular weight excluding hydrogens is 328 g/mol. The number of amides is 3. The molecule has 0 aromatic heterocycles. The number of carbonyl (C=O) groups is 5. The first-order valence-corrected chi connectivity index (χ1v) is 6.95. The molecule has 24 heavy (non-hydrogen) atoms. The van der Waals surface area contributed by atoms with Crippen molar-refractivity contribution < 1.29 is 42.9 Å².